The van der Waals surface area contributed by atoms with Crippen LogP contribution in [-0.4, -0.2) is 24.5 Å². The second-order valence-electron chi connectivity index (χ2n) is 6.52. The van der Waals surface area contributed by atoms with Crippen LogP contribution in [0.1, 0.15) is 32.6 Å². The van der Waals surface area contributed by atoms with E-state index in [0.29, 0.717) is 21.8 Å². The molecule has 0 spiro atoms. The molecule has 2 aromatic carbocycles. The molecule has 9 heteroatoms. The largest absolute Gasteiger partial charge is 0.305 e. The third-order valence-electron chi connectivity index (χ3n) is 4.60. The van der Waals surface area contributed by atoms with Gasteiger partial charge >= 0.3 is 0 Å². The minimum atomic E-state index is -3.66. The second kappa shape index (κ2) is 7.05. The lowest BCUT2D eigenvalue weighted by Crippen LogP contribution is -2.23. The number of carbonyl (C=O) groups excluding carboxylic acids is 1. The SMILES string of the molecule is Cc1cccc(S(=O)(=O)C2NCc3c(NC(=O)c4ccccc4Cl)n[nH]c32)c1. The maximum absolute atomic E-state index is 13.0. The Hall–Kier alpha value is -2.68. The number of halogens is 1. The number of aromatic nitrogens is 2. The van der Waals surface area contributed by atoms with Gasteiger partial charge in [0.2, 0.25) is 0 Å². The Balaban J connectivity index is 1.62. The molecular formula is C19H17ClN4O3S. The summed E-state index contributed by atoms with van der Waals surface area (Å²) in [7, 11) is -3.66. The number of sulfone groups is 1. The second-order valence-corrected chi connectivity index (χ2v) is 8.96. The van der Waals surface area contributed by atoms with Gasteiger partial charge in [-0.25, -0.2) is 8.42 Å². The highest BCUT2D eigenvalue weighted by Crippen LogP contribution is 2.35. The summed E-state index contributed by atoms with van der Waals surface area (Å²) in [6, 6.07) is 13.4. The molecule has 0 radical (unpaired) electrons. The molecule has 3 aromatic rings. The number of nitrogens with zero attached hydrogens (tertiary/aromatic N) is 1. The molecule has 7 nitrogen and oxygen atoms in total. The summed E-state index contributed by atoms with van der Waals surface area (Å²) in [6.45, 7) is 2.10. The minimum absolute atomic E-state index is 0.231. The fraction of sp³-hybridized carbons (Fsp3) is 0.158. The van der Waals surface area contributed by atoms with Gasteiger partial charge in [-0.15, -0.1) is 0 Å². The summed E-state index contributed by atoms with van der Waals surface area (Å²) >= 11 is 6.06. The van der Waals surface area contributed by atoms with Gasteiger partial charge in [-0.05, 0) is 36.8 Å². The van der Waals surface area contributed by atoms with Crippen molar-refractivity contribution in [3.8, 4) is 0 Å². The first-order chi connectivity index (χ1) is 13.4. The van der Waals surface area contributed by atoms with Crippen LogP contribution in [0.3, 0.4) is 0 Å². The number of amides is 1. The number of rotatable bonds is 4. The van der Waals surface area contributed by atoms with Crippen LogP contribution in [-0.2, 0) is 16.4 Å². The van der Waals surface area contributed by atoms with Gasteiger partial charge in [0.25, 0.3) is 5.91 Å². The van der Waals surface area contributed by atoms with E-state index in [1.807, 2.05) is 13.0 Å². The zero-order chi connectivity index (χ0) is 19.9. The zero-order valence-corrected chi connectivity index (χ0v) is 16.4. The average Bonchev–Trinajstić information content (AvgIpc) is 3.25. The molecule has 144 valence electrons. The molecule has 0 bridgehead atoms. The number of anilines is 1. The van der Waals surface area contributed by atoms with Gasteiger partial charge in [0.15, 0.2) is 21.0 Å². The lowest BCUT2D eigenvalue weighted by Gasteiger charge is -2.12. The smallest absolute Gasteiger partial charge is 0.258 e. The molecule has 1 aliphatic rings. The number of hydrogen-bond acceptors (Lipinski definition) is 5. The molecule has 0 fully saturated rings. The molecule has 3 N–H and O–H groups in total. The van der Waals surface area contributed by atoms with Gasteiger partial charge < -0.3 is 5.32 Å². The van der Waals surface area contributed by atoms with Crippen molar-refractivity contribution in [1.82, 2.24) is 15.5 Å². The van der Waals surface area contributed by atoms with Crippen LogP contribution >= 0.6 is 11.6 Å². The highest BCUT2D eigenvalue weighted by Gasteiger charge is 2.38. The van der Waals surface area contributed by atoms with E-state index < -0.39 is 21.1 Å². The molecule has 4 rings (SSSR count). The number of fused-ring (bicyclic) bond motifs is 1. The minimum Gasteiger partial charge on any atom is -0.305 e. The number of hydrogen-bond donors (Lipinski definition) is 3. The predicted octanol–water partition coefficient (Wildman–Crippen LogP) is 3.20. The van der Waals surface area contributed by atoms with Crippen molar-refractivity contribution in [3.63, 3.8) is 0 Å². The molecular weight excluding hydrogens is 400 g/mol. The quantitative estimate of drug-likeness (QED) is 0.605. The molecule has 2 heterocycles. The molecule has 1 aliphatic heterocycles. The van der Waals surface area contributed by atoms with Crippen LogP contribution < -0.4 is 10.6 Å². The highest BCUT2D eigenvalue weighted by molar-refractivity contribution is 7.91. The number of H-pyrrole nitrogens is 1. The summed E-state index contributed by atoms with van der Waals surface area (Å²) in [5, 5.41) is 11.9. The molecule has 1 unspecified atom stereocenters. The average molecular weight is 417 g/mol. The third kappa shape index (κ3) is 3.19. The van der Waals surface area contributed by atoms with E-state index in [9.17, 15) is 13.2 Å². The predicted molar refractivity (Wildman–Crippen MR) is 106 cm³/mol. The van der Waals surface area contributed by atoms with E-state index in [2.05, 4.69) is 20.8 Å². The lowest BCUT2D eigenvalue weighted by molar-refractivity contribution is 0.102. The summed E-state index contributed by atoms with van der Waals surface area (Å²) in [4.78, 5) is 12.7. The number of aromatic amines is 1. The van der Waals surface area contributed by atoms with Crippen LogP contribution in [0.25, 0.3) is 0 Å². The molecule has 1 atom stereocenters. The molecule has 28 heavy (non-hydrogen) atoms. The van der Waals surface area contributed by atoms with E-state index in [1.54, 1.807) is 42.5 Å². The third-order valence-corrected chi connectivity index (χ3v) is 6.87. The van der Waals surface area contributed by atoms with Crippen molar-refractivity contribution in [1.29, 1.82) is 0 Å². The van der Waals surface area contributed by atoms with Crippen molar-refractivity contribution in [3.05, 3.63) is 75.9 Å². The van der Waals surface area contributed by atoms with E-state index in [1.165, 1.54) is 0 Å². The lowest BCUT2D eigenvalue weighted by atomic mass is 10.2. The first-order valence-electron chi connectivity index (χ1n) is 8.55. The Morgan fingerprint density at radius 2 is 2.00 bits per heavy atom. The monoisotopic (exact) mass is 416 g/mol. The van der Waals surface area contributed by atoms with Crippen LogP contribution in [0.2, 0.25) is 5.02 Å². The van der Waals surface area contributed by atoms with Gasteiger partial charge in [0, 0.05) is 12.1 Å². The summed E-state index contributed by atoms with van der Waals surface area (Å²) < 4.78 is 26.1. The van der Waals surface area contributed by atoms with E-state index >= 15 is 0 Å². The van der Waals surface area contributed by atoms with Crippen molar-refractivity contribution in [2.24, 2.45) is 0 Å². The van der Waals surface area contributed by atoms with Crippen molar-refractivity contribution < 1.29 is 13.2 Å². The summed E-state index contributed by atoms with van der Waals surface area (Å²) in [6.07, 6.45) is 0. The van der Waals surface area contributed by atoms with Crippen LogP contribution in [0.5, 0.6) is 0 Å². The zero-order valence-electron chi connectivity index (χ0n) is 14.9. The number of carbonyl (C=O) groups is 1. The normalized spacial score (nSPS) is 16.0. The fourth-order valence-electron chi connectivity index (χ4n) is 3.19. The van der Waals surface area contributed by atoms with Gasteiger partial charge in [0.05, 0.1) is 21.2 Å². The van der Waals surface area contributed by atoms with Crippen LogP contribution in [0.15, 0.2) is 53.4 Å². The number of aryl methyl sites for hydroxylation is 1. The van der Waals surface area contributed by atoms with E-state index in [-0.39, 0.29) is 17.3 Å². The Morgan fingerprint density at radius 3 is 2.75 bits per heavy atom. The van der Waals surface area contributed by atoms with E-state index in [4.69, 9.17) is 11.6 Å². The Kier molecular flexibility index (Phi) is 4.70. The first-order valence-corrected chi connectivity index (χ1v) is 10.5. The van der Waals surface area contributed by atoms with E-state index in [0.717, 1.165) is 5.56 Å². The number of nitrogens with one attached hydrogen (secondary N) is 3. The Morgan fingerprint density at radius 1 is 1.21 bits per heavy atom. The molecule has 0 aliphatic carbocycles. The van der Waals surface area contributed by atoms with Gasteiger partial charge in [-0.1, -0.05) is 35.9 Å². The Bertz CT molecular complexity index is 1170. The van der Waals surface area contributed by atoms with Gasteiger partial charge in [-0.2, -0.15) is 5.10 Å². The number of benzene rings is 2. The molecule has 1 amide bonds. The maximum atomic E-state index is 13.0. The molecule has 1 aromatic heterocycles. The first kappa shape index (κ1) is 18.7. The Labute approximate surface area is 167 Å². The standard InChI is InChI=1S/C19H17ClN4O3S/c1-11-5-4-6-12(9-11)28(26,27)19-16-14(10-21-19)17(24-23-16)22-18(25)13-7-2-3-8-15(13)20/h2-9,19,21H,10H2,1H3,(H2,22,23,24,25). The molecule has 0 saturated heterocycles. The van der Waals surface area contributed by atoms with Crippen molar-refractivity contribution in [2.75, 3.05) is 5.32 Å². The summed E-state index contributed by atoms with van der Waals surface area (Å²) in [5.41, 5.74) is 2.21. The summed E-state index contributed by atoms with van der Waals surface area (Å²) in [5.74, 6) is -0.126. The van der Waals surface area contributed by atoms with Crippen molar-refractivity contribution in [2.45, 2.75) is 23.7 Å². The van der Waals surface area contributed by atoms with Gasteiger partial charge in [-0.3, -0.25) is 15.2 Å². The van der Waals surface area contributed by atoms with Crippen LogP contribution in [0.4, 0.5) is 5.82 Å². The van der Waals surface area contributed by atoms with Crippen LogP contribution in [0, 0.1) is 6.92 Å². The topological polar surface area (TPSA) is 104 Å². The highest BCUT2D eigenvalue weighted by atomic mass is 35.5. The van der Waals surface area contributed by atoms with Crippen molar-refractivity contribution >= 4 is 33.2 Å². The van der Waals surface area contributed by atoms with Gasteiger partial charge in [0.1, 0.15) is 0 Å². The fourth-order valence-corrected chi connectivity index (χ4v) is 5.11. The molecule has 0 saturated carbocycles. The maximum Gasteiger partial charge on any atom is 0.258 e.